The second-order valence-corrected chi connectivity index (χ2v) is 10.1. The fraction of sp³-hybridized carbons (Fsp3) is 0.900. The van der Waals surface area contributed by atoms with Gasteiger partial charge in [-0.15, -0.1) is 0 Å². The van der Waals surface area contributed by atoms with E-state index in [0.29, 0.717) is 12.1 Å². The fourth-order valence-electron chi connectivity index (χ4n) is 5.70. The first kappa shape index (κ1) is 17.2. The Morgan fingerprint density at radius 2 is 2.04 bits per heavy atom. The minimum atomic E-state index is 0.481. The first-order chi connectivity index (χ1) is 11.6. The van der Waals surface area contributed by atoms with Gasteiger partial charge in [-0.3, -0.25) is 0 Å². The number of rotatable bonds is 4. The Morgan fingerprint density at radius 3 is 2.79 bits per heavy atom. The van der Waals surface area contributed by atoms with Crippen LogP contribution in [-0.2, 0) is 4.74 Å². The Bertz CT molecular complexity index is 494. The Labute approximate surface area is 152 Å². The van der Waals surface area contributed by atoms with Crippen LogP contribution in [0.25, 0.3) is 0 Å². The smallest absolute Gasteiger partial charge is 0.0591 e. The fourth-order valence-corrected chi connectivity index (χ4v) is 7.33. The lowest BCUT2D eigenvalue weighted by Crippen LogP contribution is -2.37. The predicted molar refractivity (Wildman–Crippen MR) is 102 cm³/mol. The van der Waals surface area contributed by atoms with Crippen molar-refractivity contribution in [2.24, 2.45) is 23.7 Å². The minimum absolute atomic E-state index is 0.481. The molecule has 0 aromatic carbocycles. The van der Waals surface area contributed by atoms with Gasteiger partial charge < -0.3 is 13.9 Å². The van der Waals surface area contributed by atoms with Gasteiger partial charge in [0.2, 0.25) is 0 Å². The highest BCUT2D eigenvalue weighted by Crippen LogP contribution is 2.57. The molecule has 0 amide bonds. The molecule has 0 aromatic rings. The highest BCUT2D eigenvalue weighted by Gasteiger charge is 2.50. The van der Waals surface area contributed by atoms with E-state index in [4.69, 9.17) is 4.74 Å². The largest absolute Gasteiger partial charge is 0.381 e. The van der Waals surface area contributed by atoms with Crippen LogP contribution in [0.2, 0.25) is 0 Å². The van der Waals surface area contributed by atoms with Crippen LogP contribution in [0.3, 0.4) is 0 Å². The molecule has 2 aliphatic heterocycles. The second-order valence-electron chi connectivity index (χ2n) is 8.88. The van der Waals surface area contributed by atoms with E-state index in [9.17, 15) is 0 Å². The van der Waals surface area contributed by atoms with Crippen molar-refractivity contribution < 1.29 is 4.74 Å². The van der Waals surface area contributed by atoms with Crippen molar-refractivity contribution in [3.63, 3.8) is 0 Å². The molecular formula is C20H34N2OS. The molecule has 0 saturated heterocycles. The average Bonchev–Trinajstić information content (AvgIpc) is 2.87. The summed E-state index contributed by atoms with van der Waals surface area (Å²) in [6, 6.07) is 0.713. The van der Waals surface area contributed by atoms with Crippen molar-refractivity contribution in [1.82, 2.24) is 9.21 Å². The predicted octanol–water partition coefficient (Wildman–Crippen LogP) is 4.01. The van der Waals surface area contributed by atoms with Gasteiger partial charge in [0.15, 0.2) is 0 Å². The molecule has 2 bridgehead atoms. The van der Waals surface area contributed by atoms with Gasteiger partial charge in [-0.1, -0.05) is 6.92 Å². The molecule has 4 aliphatic rings. The van der Waals surface area contributed by atoms with Gasteiger partial charge in [0.25, 0.3) is 0 Å². The van der Waals surface area contributed by atoms with Gasteiger partial charge in [-0.2, -0.15) is 0 Å². The van der Waals surface area contributed by atoms with Crippen molar-refractivity contribution in [3.05, 3.63) is 11.8 Å². The van der Waals surface area contributed by atoms with Crippen molar-refractivity contribution >= 4 is 11.9 Å². The van der Waals surface area contributed by atoms with Crippen LogP contribution >= 0.6 is 11.9 Å². The van der Waals surface area contributed by atoms with E-state index < -0.39 is 0 Å². The molecule has 3 nitrogen and oxygen atoms in total. The Kier molecular flexibility index (Phi) is 4.92. The monoisotopic (exact) mass is 350 g/mol. The van der Waals surface area contributed by atoms with Gasteiger partial charge in [-0.05, 0) is 94.4 Å². The van der Waals surface area contributed by atoms with Gasteiger partial charge >= 0.3 is 0 Å². The highest BCUT2D eigenvalue weighted by molar-refractivity contribution is 7.97. The number of ether oxygens (including phenoxy) is 1. The molecule has 7 unspecified atom stereocenters. The van der Waals surface area contributed by atoms with Crippen LogP contribution in [0.5, 0.6) is 0 Å². The lowest BCUT2D eigenvalue weighted by Gasteiger charge is -2.43. The third kappa shape index (κ3) is 3.03. The average molecular weight is 351 g/mol. The molecule has 7 atom stereocenters. The molecule has 0 N–H and O–H groups in total. The zero-order valence-electron chi connectivity index (χ0n) is 15.8. The molecule has 0 spiro atoms. The molecular weight excluding hydrogens is 316 g/mol. The Hall–Kier alpha value is -0.190. The number of hydrogen-bond donors (Lipinski definition) is 0. The standard InChI is InChI=1S/C20H34N2OS/c1-13-9-17-18-12-22(19-11-15(23-4)5-6-16(18)19)24-20(17)10-14(13)7-8-21(2)3/h12-17,19-20H,5-11H2,1-4H3. The van der Waals surface area contributed by atoms with E-state index >= 15 is 0 Å². The summed E-state index contributed by atoms with van der Waals surface area (Å²) >= 11 is 2.18. The van der Waals surface area contributed by atoms with Crippen LogP contribution in [0.4, 0.5) is 0 Å². The van der Waals surface area contributed by atoms with E-state index in [-0.39, 0.29) is 0 Å². The van der Waals surface area contributed by atoms with Crippen molar-refractivity contribution in [2.45, 2.75) is 62.8 Å². The molecule has 4 heteroatoms. The molecule has 2 fully saturated rings. The van der Waals surface area contributed by atoms with Crippen LogP contribution in [0.15, 0.2) is 11.8 Å². The van der Waals surface area contributed by atoms with Crippen LogP contribution in [-0.4, -0.2) is 54.4 Å². The summed E-state index contributed by atoms with van der Waals surface area (Å²) in [6.07, 6.45) is 11.1. The van der Waals surface area contributed by atoms with E-state index in [1.807, 2.05) is 12.7 Å². The molecule has 0 radical (unpaired) electrons. The number of nitrogens with zero attached hydrogens (tertiary/aromatic N) is 2. The third-order valence-corrected chi connectivity index (χ3v) is 8.59. The van der Waals surface area contributed by atoms with Crippen LogP contribution in [0.1, 0.15) is 45.4 Å². The number of fused-ring (bicyclic) bond motifs is 6. The van der Waals surface area contributed by atoms with Crippen molar-refractivity contribution in [1.29, 1.82) is 0 Å². The molecule has 2 saturated carbocycles. The summed E-state index contributed by atoms with van der Waals surface area (Å²) in [5.41, 5.74) is 1.82. The number of hydrogen-bond acceptors (Lipinski definition) is 4. The Morgan fingerprint density at radius 1 is 1.21 bits per heavy atom. The zero-order chi connectivity index (χ0) is 16.8. The second kappa shape index (κ2) is 6.85. The van der Waals surface area contributed by atoms with Crippen LogP contribution in [0, 0.1) is 23.7 Å². The third-order valence-electron chi connectivity index (χ3n) is 7.18. The summed E-state index contributed by atoms with van der Waals surface area (Å²) in [6.45, 7) is 3.76. The van der Waals surface area contributed by atoms with E-state index in [0.717, 1.165) is 28.9 Å². The number of methoxy groups -OCH3 is 1. The summed E-state index contributed by atoms with van der Waals surface area (Å²) in [5.74, 6) is 3.47. The summed E-state index contributed by atoms with van der Waals surface area (Å²) < 4.78 is 8.34. The van der Waals surface area contributed by atoms with Crippen molar-refractivity contribution in [2.75, 3.05) is 27.7 Å². The van der Waals surface area contributed by atoms with Gasteiger partial charge in [-0.25, -0.2) is 0 Å². The summed E-state index contributed by atoms with van der Waals surface area (Å²) in [7, 11) is 6.31. The maximum Gasteiger partial charge on any atom is 0.0591 e. The summed E-state index contributed by atoms with van der Waals surface area (Å²) in [4.78, 5) is 2.35. The normalized spacial score (nSPS) is 44.3. The van der Waals surface area contributed by atoms with Crippen molar-refractivity contribution in [3.8, 4) is 0 Å². The molecule has 0 aromatic heterocycles. The van der Waals surface area contributed by atoms with E-state index in [1.165, 1.54) is 45.1 Å². The minimum Gasteiger partial charge on any atom is -0.381 e. The van der Waals surface area contributed by atoms with Gasteiger partial charge in [0, 0.05) is 30.5 Å². The van der Waals surface area contributed by atoms with Gasteiger partial charge in [0.1, 0.15) is 0 Å². The molecule has 24 heavy (non-hydrogen) atoms. The lowest BCUT2D eigenvalue weighted by atomic mass is 9.67. The zero-order valence-corrected chi connectivity index (χ0v) is 16.6. The first-order valence-electron chi connectivity index (χ1n) is 9.91. The maximum absolute atomic E-state index is 5.69. The summed E-state index contributed by atoms with van der Waals surface area (Å²) in [5, 5.41) is 0.833. The van der Waals surface area contributed by atoms with E-state index in [2.05, 4.69) is 48.4 Å². The highest BCUT2D eigenvalue weighted by atomic mass is 32.2. The van der Waals surface area contributed by atoms with E-state index in [1.54, 1.807) is 0 Å². The quantitative estimate of drug-likeness (QED) is 0.712. The lowest BCUT2D eigenvalue weighted by molar-refractivity contribution is 0.0426. The maximum atomic E-state index is 5.69. The molecule has 2 heterocycles. The SMILES string of the molecule is COC1CCC2C3=CN(SC4CC(CCN(C)C)C(C)CC34)C2C1. The molecule has 2 aliphatic carbocycles. The topological polar surface area (TPSA) is 15.7 Å². The van der Waals surface area contributed by atoms with Crippen LogP contribution < -0.4 is 0 Å². The molecule has 136 valence electrons. The van der Waals surface area contributed by atoms with Gasteiger partial charge in [0.05, 0.1) is 6.10 Å². The molecule has 4 rings (SSSR count). The first-order valence-corrected chi connectivity index (χ1v) is 10.7. The Balaban J connectivity index is 1.46.